The molecule has 7 nitrogen and oxygen atoms in total. The number of nitrogens with one attached hydrogen (secondary N) is 1. The predicted molar refractivity (Wildman–Crippen MR) is 163 cm³/mol. The highest BCUT2D eigenvalue weighted by Gasteiger charge is 2.38. The van der Waals surface area contributed by atoms with Gasteiger partial charge in [0.15, 0.2) is 0 Å². The molecule has 1 saturated carbocycles. The molecule has 3 aliphatic rings. The van der Waals surface area contributed by atoms with Crippen LogP contribution in [-0.4, -0.2) is 50.5 Å². The van der Waals surface area contributed by atoms with Crippen molar-refractivity contribution in [1.82, 2.24) is 4.72 Å². The van der Waals surface area contributed by atoms with Gasteiger partial charge >= 0.3 is 0 Å². The number of amides is 1. The Morgan fingerprint density at radius 2 is 1.93 bits per heavy atom. The van der Waals surface area contributed by atoms with Crippen molar-refractivity contribution < 1.29 is 23.1 Å². The van der Waals surface area contributed by atoms with E-state index >= 15 is 0 Å². The summed E-state index contributed by atoms with van der Waals surface area (Å²) in [6, 6.07) is 11.2. The third-order valence-electron chi connectivity index (χ3n) is 8.99. The highest BCUT2D eigenvalue weighted by atomic mass is 35.5. The van der Waals surface area contributed by atoms with E-state index in [0.29, 0.717) is 44.7 Å². The lowest BCUT2D eigenvalue weighted by Gasteiger charge is -2.42. The van der Waals surface area contributed by atoms with Crippen LogP contribution in [0.15, 0.2) is 48.6 Å². The van der Waals surface area contributed by atoms with Crippen LogP contribution in [0.2, 0.25) is 5.02 Å². The number of halogens is 1. The smallest absolute Gasteiger partial charge is 0.264 e. The van der Waals surface area contributed by atoms with Gasteiger partial charge in [-0.1, -0.05) is 50.1 Å². The highest BCUT2D eigenvalue weighted by molar-refractivity contribution is 7.90. The zero-order chi connectivity index (χ0) is 29.1. The Labute approximate surface area is 249 Å². The third-order valence-corrected chi connectivity index (χ3v) is 11.1. The number of aliphatic hydroxyl groups is 1. The van der Waals surface area contributed by atoms with Crippen molar-refractivity contribution >= 4 is 33.2 Å². The third kappa shape index (κ3) is 6.60. The largest absolute Gasteiger partial charge is 0.491 e. The summed E-state index contributed by atoms with van der Waals surface area (Å²) in [4.78, 5) is 15.5. The summed E-state index contributed by atoms with van der Waals surface area (Å²) in [5.41, 5.74) is 3.48. The minimum atomic E-state index is -3.87. The zero-order valence-corrected chi connectivity index (χ0v) is 25.5. The Balaban J connectivity index is 1.54. The van der Waals surface area contributed by atoms with Crippen LogP contribution in [-0.2, 0) is 16.4 Å². The first kappa shape index (κ1) is 29.9. The van der Waals surface area contributed by atoms with Gasteiger partial charge < -0.3 is 14.7 Å². The van der Waals surface area contributed by atoms with E-state index in [1.54, 1.807) is 18.2 Å². The van der Waals surface area contributed by atoms with E-state index in [1.165, 1.54) is 11.1 Å². The molecule has 5 rings (SSSR count). The van der Waals surface area contributed by atoms with Gasteiger partial charge in [0.2, 0.25) is 10.0 Å². The second-order valence-electron chi connectivity index (χ2n) is 11.7. The maximum atomic E-state index is 13.3. The lowest BCUT2D eigenvalue weighted by atomic mass is 9.70. The Kier molecular flexibility index (Phi) is 9.31. The van der Waals surface area contributed by atoms with Crippen LogP contribution in [0.25, 0.3) is 0 Å². The van der Waals surface area contributed by atoms with Crippen LogP contribution in [0.3, 0.4) is 0 Å². The molecule has 2 aromatic carbocycles. The molecule has 0 spiro atoms. The van der Waals surface area contributed by atoms with Crippen LogP contribution in [0, 0.1) is 11.8 Å². The first-order valence-electron chi connectivity index (χ1n) is 14.9. The van der Waals surface area contributed by atoms with Crippen molar-refractivity contribution in [2.75, 3.05) is 24.6 Å². The molecule has 41 heavy (non-hydrogen) atoms. The zero-order valence-electron chi connectivity index (χ0n) is 23.9. The van der Waals surface area contributed by atoms with Gasteiger partial charge in [0.1, 0.15) is 5.75 Å². The van der Waals surface area contributed by atoms with Crippen LogP contribution >= 0.6 is 11.6 Å². The van der Waals surface area contributed by atoms with Crippen molar-refractivity contribution in [3.8, 4) is 5.75 Å². The van der Waals surface area contributed by atoms with Crippen molar-refractivity contribution in [3.63, 3.8) is 0 Å². The minimum absolute atomic E-state index is 0.0677. The average molecular weight is 601 g/mol. The first-order valence-corrected chi connectivity index (χ1v) is 16.8. The summed E-state index contributed by atoms with van der Waals surface area (Å²) in [7, 11) is -3.87. The van der Waals surface area contributed by atoms with Gasteiger partial charge in [0, 0.05) is 29.6 Å². The molecule has 2 heterocycles. The van der Waals surface area contributed by atoms with E-state index < -0.39 is 27.3 Å². The van der Waals surface area contributed by atoms with Crippen LogP contribution < -0.4 is 14.4 Å². The fourth-order valence-electron chi connectivity index (χ4n) is 6.52. The number of allylic oxidation sites excluding steroid dienone is 1. The fraction of sp³-hybridized carbons (Fsp3) is 0.531. The second kappa shape index (κ2) is 12.8. The van der Waals surface area contributed by atoms with Crippen molar-refractivity contribution in [2.45, 2.75) is 76.1 Å². The Bertz CT molecular complexity index is 1390. The maximum absolute atomic E-state index is 13.3. The predicted octanol–water partition coefficient (Wildman–Crippen LogP) is 5.85. The quantitative estimate of drug-likeness (QED) is 0.428. The molecule has 1 fully saturated rings. The second-order valence-corrected chi connectivity index (χ2v) is 14.1. The molecule has 0 radical (unpaired) electrons. The van der Waals surface area contributed by atoms with Gasteiger partial charge in [-0.25, -0.2) is 13.1 Å². The number of fused-ring (bicyclic) bond motifs is 2. The SMILES string of the molecule is CCCc1cc(Cl)ccc1[C@@H]1COc2ccc3cc2N(C1)C[C@@H]1CC[C@H]1[C@@H](O)C=CCC[C@H](CC)S(=O)(=O)NC3=O. The molecular formula is C32H41ClN2O5S. The molecule has 1 aliphatic carbocycles. The molecule has 9 heteroatoms. The number of carbonyl (C=O) groups excluding carboxylic acids is 1. The van der Waals surface area contributed by atoms with E-state index in [-0.39, 0.29) is 23.3 Å². The van der Waals surface area contributed by atoms with E-state index in [0.717, 1.165) is 36.4 Å². The normalized spacial score (nSPS) is 28.0. The summed E-state index contributed by atoms with van der Waals surface area (Å²) in [6.07, 6.45) is 8.32. The van der Waals surface area contributed by atoms with Gasteiger partial charge in [0.25, 0.3) is 5.91 Å². The molecular weight excluding hydrogens is 560 g/mol. The topological polar surface area (TPSA) is 95.9 Å². The number of hydrogen-bond donors (Lipinski definition) is 2. The van der Waals surface area contributed by atoms with E-state index in [4.69, 9.17) is 16.3 Å². The monoisotopic (exact) mass is 600 g/mol. The van der Waals surface area contributed by atoms with Gasteiger partial charge in [-0.15, -0.1) is 0 Å². The maximum Gasteiger partial charge on any atom is 0.264 e. The molecule has 222 valence electrons. The lowest BCUT2D eigenvalue weighted by Crippen LogP contribution is -2.44. The molecule has 0 aromatic heterocycles. The van der Waals surface area contributed by atoms with Crippen LogP contribution in [0.5, 0.6) is 5.75 Å². The number of carbonyl (C=O) groups is 1. The van der Waals surface area contributed by atoms with Crippen molar-refractivity contribution in [3.05, 3.63) is 70.3 Å². The Morgan fingerprint density at radius 3 is 2.66 bits per heavy atom. The fourth-order valence-corrected chi connectivity index (χ4v) is 8.14. The number of aliphatic hydroxyl groups excluding tert-OH is 1. The molecule has 2 aromatic rings. The van der Waals surface area contributed by atoms with Gasteiger partial charge in [-0.05, 0) is 91.8 Å². The number of sulfonamides is 1. The summed E-state index contributed by atoms with van der Waals surface area (Å²) in [5.74, 6) is 0.527. The standard InChI is InChI=1S/C32H41ClN2O5S/c1-3-7-21-16-25(33)12-14-27(21)24-19-35-18-23-10-13-28(23)30(36)9-6-5-8-26(4-2)41(38,39)34-32(37)22-11-15-31(40-20-24)29(35)17-22/h6,9,11-12,14-17,23-24,26,28,30,36H,3-5,7-8,10,13,18-20H2,1-2H3,(H,34,37)/t23-,24-,26-,28+,30-/m0/s1. The Hall–Kier alpha value is -2.55. The number of aryl methyl sites for hydroxylation is 1. The molecule has 0 unspecified atom stereocenters. The van der Waals surface area contributed by atoms with Crippen molar-refractivity contribution in [2.24, 2.45) is 11.8 Å². The Morgan fingerprint density at radius 1 is 1.10 bits per heavy atom. The van der Waals surface area contributed by atoms with Crippen LogP contribution in [0.1, 0.15) is 79.8 Å². The molecule has 5 atom stereocenters. The van der Waals surface area contributed by atoms with Gasteiger partial charge in [-0.2, -0.15) is 0 Å². The average Bonchev–Trinajstić information content (AvgIpc) is 3.09. The van der Waals surface area contributed by atoms with Gasteiger partial charge in [0.05, 0.1) is 23.6 Å². The number of hydrogen-bond acceptors (Lipinski definition) is 6. The highest BCUT2D eigenvalue weighted by Crippen LogP contribution is 2.42. The molecule has 2 N–H and O–H groups in total. The summed E-state index contributed by atoms with van der Waals surface area (Å²) in [5, 5.41) is 11.0. The summed E-state index contributed by atoms with van der Waals surface area (Å²) >= 11 is 6.37. The molecule has 2 bridgehead atoms. The summed E-state index contributed by atoms with van der Waals surface area (Å²) < 4.78 is 34.9. The number of nitrogens with zero attached hydrogens (tertiary/aromatic N) is 1. The van der Waals surface area contributed by atoms with Gasteiger partial charge in [-0.3, -0.25) is 4.79 Å². The van der Waals surface area contributed by atoms with E-state index in [2.05, 4.69) is 22.6 Å². The molecule has 0 saturated heterocycles. The first-order chi connectivity index (χ1) is 19.7. The van der Waals surface area contributed by atoms with Crippen molar-refractivity contribution in [1.29, 1.82) is 0 Å². The number of ether oxygens (including phenoxy) is 1. The number of benzene rings is 2. The number of anilines is 1. The minimum Gasteiger partial charge on any atom is -0.491 e. The summed E-state index contributed by atoms with van der Waals surface area (Å²) in [6.45, 7) is 5.81. The van der Waals surface area contributed by atoms with Crippen LogP contribution in [0.4, 0.5) is 5.69 Å². The van der Waals surface area contributed by atoms with E-state index in [9.17, 15) is 18.3 Å². The lowest BCUT2D eigenvalue weighted by molar-refractivity contribution is 0.0461. The number of rotatable bonds is 4. The molecule has 1 amide bonds. The van der Waals surface area contributed by atoms with E-state index in [1.807, 2.05) is 31.2 Å². The molecule has 2 aliphatic heterocycles.